The lowest BCUT2D eigenvalue weighted by atomic mass is 9.98. The van der Waals surface area contributed by atoms with Crippen molar-refractivity contribution >= 4 is 0 Å². The molecule has 0 spiro atoms. The Hall–Kier alpha value is -1.19. The Balaban J connectivity index is 1.98. The van der Waals surface area contributed by atoms with Crippen LogP contribution in [0, 0.1) is 0 Å². The van der Waals surface area contributed by atoms with Crippen LogP contribution in [0.3, 0.4) is 0 Å². The quantitative estimate of drug-likeness (QED) is 0.748. The molecule has 0 amide bonds. The van der Waals surface area contributed by atoms with E-state index in [-0.39, 0.29) is 6.10 Å². The fourth-order valence-electron chi connectivity index (χ4n) is 2.10. The minimum Gasteiger partial charge on any atom is -0.490 e. The van der Waals surface area contributed by atoms with Gasteiger partial charge in [0.05, 0.1) is 11.7 Å². The summed E-state index contributed by atoms with van der Waals surface area (Å²) >= 11 is 0. The monoisotopic (exact) mass is 244 g/mol. The van der Waals surface area contributed by atoms with E-state index in [2.05, 4.69) is 0 Å². The zero-order valence-corrected chi connectivity index (χ0v) is 9.46. The van der Waals surface area contributed by atoms with Crippen molar-refractivity contribution in [2.75, 3.05) is 0 Å². The summed E-state index contributed by atoms with van der Waals surface area (Å²) in [5.41, 5.74) is -0.631. The summed E-state index contributed by atoms with van der Waals surface area (Å²) in [6.45, 7) is 0. The number of benzene rings is 1. The third-order valence-electron chi connectivity index (χ3n) is 3.04. The molecule has 1 saturated carbocycles. The normalized spacial score (nSPS) is 18.1. The number of hydrogen-bond acceptors (Lipinski definition) is 1. The standard InChI is InChI=1S/C13H15F3O/c14-13(15,16)10-6-8-12(9-7-10)17-11-4-2-1-3-5-11/h6-9,11H,1-5H2. The molecule has 94 valence electrons. The molecule has 1 aromatic carbocycles. The minimum absolute atomic E-state index is 0.167. The Bertz CT molecular complexity index is 350. The lowest BCUT2D eigenvalue weighted by Crippen LogP contribution is -2.19. The first-order valence-corrected chi connectivity index (χ1v) is 5.89. The maximum Gasteiger partial charge on any atom is 0.416 e. The molecule has 0 bridgehead atoms. The van der Waals surface area contributed by atoms with Crippen LogP contribution < -0.4 is 4.74 Å². The van der Waals surface area contributed by atoms with Gasteiger partial charge in [0.1, 0.15) is 5.75 Å². The Morgan fingerprint density at radius 1 is 0.941 bits per heavy atom. The predicted molar refractivity (Wildman–Crippen MR) is 58.9 cm³/mol. The summed E-state index contributed by atoms with van der Waals surface area (Å²) in [5, 5.41) is 0. The van der Waals surface area contributed by atoms with E-state index in [1.54, 1.807) is 0 Å². The molecule has 0 saturated heterocycles. The average molecular weight is 244 g/mol. The molecule has 2 rings (SSSR count). The molecule has 0 N–H and O–H groups in total. The molecule has 1 aromatic rings. The van der Waals surface area contributed by atoms with Crippen LogP contribution in [-0.2, 0) is 6.18 Å². The topological polar surface area (TPSA) is 9.23 Å². The molecule has 0 radical (unpaired) electrons. The van der Waals surface area contributed by atoms with Crippen LogP contribution >= 0.6 is 0 Å². The first-order chi connectivity index (χ1) is 8.05. The van der Waals surface area contributed by atoms with Crippen LogP contribution in [0.15, 0.2) is 24.3 Å². The second kappa shape index (κ2) is 4.98. The summed E-state index contributed by atoms with van der Waals surface area (Å²) in [7, 11) is 0. The number of ether oxygens (including phenoxy) is 1. The van der Waals surface area contributed by atoms with Gasteiger partial charge in [0.25, 0.3) is 0 Å². The van der Waals surface area contributed by atoms with E-state index in [9.17, 15) is 13.2 Å². The highest BCUT2D eigenvalue weighted by Crippen LogP contribution is 2.31. The van der Waals surface area contributed by atoms with Gasteiger partial charge in [0, 0.05) is 0 Å². The van der Waals surface area contributed by atoms with Crippen LogP contribution in [0.25, 0.3) is 0 Å². The zero-order chi connectivity index (χ0) is 12.3. The molecule has 1 aliphatic carbocycles. The first kappa shape index (κ1) is 12.3. The van der Waals surface area contributed by atoms with Crippen molar-refractivity contribution in [1.82, 2.24) is 0 Å². The summed E-state index contributed by atoms with van der Waals surface area (Å²) in [5.74, 6) is 0.532. The number of alkyl halides is 3. The lowest BCUT2D eigenvalue weighted by Gasteiger charge is -2.23. The molecule has 1 aliphatic rings. The van der Waals surface area contributed by atoms with Gasteiger partial charge >= 0.3 is 6.18 Å². The van der Waals surface area contributed by atoms with Crippen LogP contribution in [-0.4, -0.2) is 6.10 Å². The van der Waals surface area contributed by atoms with E-state index in [1.165, 1.54) is 18.6 Å². The van der Waals surface area contributed by atoms with Gasteiger partial charge in [-0.25, -0.2) is 0 Å². The Labute approximate surface area is 98.6 Å². The molecular formula is C13H15F3O. The van der Waals surface area contributed by atoms with Crippen LogP contribution in [0.4, 0.5) is 13.2 Å². The zero-order valence-electron chi connectivity index (χ0n) is 9.46. The first-order valence-electron chi connectivity index (χ1n) is 5.89. The van der Waals surface area contributed by atoms with Crippen molar-refractivity contribution in [1.29, 1.82) is 0 Å². The van der Waals surface area contributed by atoms with Gasteiger partial charge in [-0.15, -0.1) is 0 Å². The third-order valence-corrected chi connectivity index (χ3v) is 3.04. The average Bonchev–Trinajstić information content (AvgIpc) is 2.30. The van der Waals surface area contributed by atoms with Crippen molar-refractivity contribution in [2.24, 2.45) is 0 Å². The fourth-order valence-corrected chi connectivity index (χ4v) is 2.10. The maximum absolute atomic E-state index is 12.3. The largest absolute Gasteiger partial charge is 0.490 e. The Kier molecular flexibility index (Phi) is 3.60. The minimum atomic E-state index is -4.27. The van der Waals surface area contributed by atoms with Gasteiger partial charge in [-0.3, -0.25) is 0 Å². The number of halogens is 3. The molecule has 0 atom stereocenters. The molecule has 0 aromatic heterocycles. The van der Waals surface area contributed by atoms with Gasteiger partial charge in [0.2, 0.25) is 0 Å². The Morgan fingerprint density at radius 3 is 2.06 bits per heavy atom. The number of rotatable bonds is 2. The molecular weight excluding hydrogens is 229 g/mol. The van der Waals surface area contributed by atoms with E-state index >= 15 is 0 Å². The smallest absolute Gasteiger partial charge is 0.416 e. The SMILES string of the molecule is FC(F)(F)c1ccc(OC2CCCCC2)cc1. The van der Waals surface area contributed by atoms with E-state index in [4.69, 9.17) is 4.74 Å². The molecule has 0 unspecified atom stereocenters. The fraction of sp³-hybridized carbons (Fsp3) is 0.538. The highest BCUT2D eigenvalue weighted by molar-refractivity contribution is 5.29. The van der Waals surface area contributed by atoms with Crippen molar-refractivity contribution in [3.8, 4) is 5.75 Å². The van der Waals surface area contributed by atoms with Crippen LogP contribution in [0.5, 0.6) is 5.75 Å². The van der Waals surface area contributed by atoms with Crippen LogP contribution in [0.2, 0.25) is 0 Å². The molecule has 0 aliphatic heterocycles. The van der Waals surface area contributed by atoms with Crippen molar-refractivity contribution in [3.05, 3.63) is 29.8 Å². The lowest BCUT2D eigenvalue weighted by molar-refractivity contribution is -0.137. The van der Waals surface area contributed by atoms with Crippen LogP contribution in [0.1, 0.15) is 37.7 Å². The van der Waals surface area contributed by atoms with Crippen molar-refractivity contribution in [2.45, 2.75) is 44.4 Å². The Morgan fingerprint density at radius 2 is 1.53 bits per heavy atom. The van der Waals surface area contributed by atoms with Gasteiger partial charge in [0.15, 0.2) is 0 Å². The molecule has 1 nitrogen and oxygen atoms in total. The van der Waals surface area contributed by atoms with E-state index in [0.29, 0.717) is 5.75 Å². The van der Waals surface area contributed by atoms with Crippen molar-refractivity contribution < 1.29 is 17.9 Å². The third kappa shape index (κ3) is 3.38. The second-order valence-corrected chi connectivity index (χ2v) is 4.40. The summed E-state index contributed by atoms with van der Waals surface area (Å²) in [6.07, 6.45) is 1.41. The predicted octanol–water partition coefficient (Wildman–Crippen LogP) is 4.42. The van der Waals surface area contributed by atoms with E-state index in [1.807, 2.05) is 0 Å². The summed E-state index contributed by atoms with van der Waals surface area (Å²) in [6, 6.07) is 4.94. The molecule has 1 fully saturated rings. The molecule has 4 heteroatoms. The van der Waals surface area contributed by atoms with Gasteiger partial charge in [-0.05, 0) is 49.9 Å². The maximum atomic E-state index is 12.3. The van der Waals surface area contributed by atoms with Gasteiger partial charge < -0.3 is 4.74 Å². The molecule has 17 heavy (non-hydrogen) atoms. The second-order valence-electron chi connectivity index (χ2n) is 4.40. The highest BCUT2D eigenvalue weighted by Gasteiger charge is 2.30. The van der Waals surface area contributed by atoms with Gasteiger partial charge in [-0.1, -0.05) is 6.42 Å². The number of hydrogen-bond donors (Lipinski definition) is 0. The summed E-state index contributed by atoms with van der Waals surface area (Å²) < 4.78 is 42.7. The van der Waals surface area contributed by atoms with Crippen molar-refractivity contribution in [3.63, 3.8) is 0 Å². The molecule has 0 heterocycles. The van der Waals surface area contributed by atoms with E-state index in [0.717, 1.165) is 37.8 Å². The van der Waals surface area contributed by atoms with E-state index < -0.39 is 11.7 Å². The summed E-state index contributed by atoms with van der Waals surface area (Å²) in [4.78, 5) is 0. The van der Waals surface area contributed by atoms with Gasteiger partial charge in [-0.2, -0.15) is 13.2 Å². The highest BCUT2D eigenvalue weighted by atomic mass is 19.4.